The fraction of sp³-hybridized carbons (Fsp3) is 0.269. The molecule has 1 amide bonds. The first-order valence-electron chi connectivity index (χ1n) is 11.2. The summed E-state index contributed by atoms with van der Waals surface area (Å²) in [7, 11) is 0.995. The van der Waals surface area contributed by atoms with Crippen molar-refractivity contribution in [1.29, 1.82) is 0 Å². The third-order valence-electron chi connectivity index (χ3n) is 5.31. The van der Waals surface area contributed by atoms with E-state index < -0.39 is 10.0 Å². The van der Waals surface area contributed by atoms with Gasteiger partial charge in [-0.15, -0.1) is 0 Å². The number of carbonyl (C=O) groups is 1. The molecule has 0 aliphatic heterocycles. The maximum atomic E-state index is 12.6. The van der Waals surface area contributed by atoms with Gasteiger partial charge in [-0.05, 0) is 66.1 Å². The first kappa shape index (κ1) is 26.8. The molecule has 0 atom stereocenters. The molecule has 0 saturated carbocycles. The van der Waals surface area contributed by atoms with Crippen molar-refractivity contribution >= 4 is 15.9 Å². The van der Waals surface area contributed by atoms with Crippen LogP contribution >= 0.6 is 0 Å². The Bertz CT molecular complexity index is 1240. The van der Waals surface area contributed by atoms with Crippen LogP contribution in [-0.2, 0) is 27.8 Å². The maximum absolute atomic E-state index is 12.6. The quantitative estimate of drug-likeness (QED) is 0.361. The maximum Gasteiger partial charge on any atom is 0.258 e. The van der Waals surface area contributed by atoms with E-state index in [2.05, 4.69) is 10.0 Å². The van der Waals surface area contributed by atoms with Gasteiger partial charge in [0.15, 0.2) is 18.1 Å². The van der Waals surface area contributed by atoms with Crippen LogP contribution in [0.1, 0.15) is 11.1 Å². The standard InChI is InChI=1S/C26H30N2O7S/c1-32-21-7-4-20(5-8-21)17-27-26(29)18-35-22-9-11-23(12-10-22)36(30,31)28-15-14-19-6-13-24(33-2)25(16-19)34-3/h4-13,16,28H,14-15,17-18H2,1-3H3,(H,27,29). The summed E-state index contributed by atoms with van der Waals surface area (Å²) in [4.78, 5) is 12.2. The fourth-order valence-electron chi connectivity index (χ4n) is 3.31. The molecule has 0 aliphatic carbocycles. The van der Waals surface area contributed by atoms with E-state index in [0.29, 0.717) is 30.2 Å². The Labute approximate surface area is 211 Å². The Morgan fingerprint density at radius 1 is 0.778 bits per heavy atom. The highest BCUT2D eigenvalue weighted by Gasteiger charge is 2.14. The van der Waals surface area contributed by atoms with E-state index in [1.807, 2.05) is 36.4 Å². The minimum atomic E-state index is -3.70. The van der Waals surface area contributed by atoms with Crippen molar-refractivity contribution in [3.8, 4) is 23.0 Å². The van der Waals surface area contributed by atoms with Crippen LogP contribution in [0.2, 0.25) is 0 Å². The number of rotatable bonds is 13. The number of methoxy groups -OCH3 is 3. The van der Waals surface area contributed by atoms with Gasteiger partial charge in [-0.3, -0.25) is 4.79 Å². The van der Waals surface area contributed by atoms with Crippen molar-refractivity contribution in [2.45, 2.75) is 17.9 Å². The highest BCUT2D eigenvalue weighted by molar-refractivity contribution is 7.89. The molecule has 0 radical (unpaired) electrons. The minimum Gasteiger partial charge on any atom is -0.497 e. The molecule has 0 aromatic heterocycles. The van der Waals surface area contributed by atoms with Gasteiger partial charge in [0, 0.05) is 13.1 Å². The Balaban J connectivity index is 1.45. The van der Waals surface area contributed by atoms with Crippen molar-refractivity contribution in [2.75, 3.05) is 34.5 Å². The second-order valence-electron chi connectivity index (χ2n) is 7.72. The van der Waals surface area contributed by atoms with Gasteiger partial charge in [-0.2, -0.15) is 0 Å². The molecule has 10 heteroatoms. The summed E-state index contributed by atoms with van der Waals surface area (Å²) in [5.41, 5.74) is 1.83. The van der Waals surface area contributed by atoms with Gasteiger partial charge in [0.2, 0.25) is 10.0 Å². The van der Waals surface area contributed by atoms with Crippen LogP contribution in [0.3, 0.4) is 0 Å². The molecule has 192 valence electrons. The number of nitrogens with one attached hydrogen (secondary N) is 2. The molecule has 3 aromatic rings. The van der Waals surface area contributed by atoms with Crippen LogP contribution in [0.5, 0.6) is 23.0 Å². The first-order chi connectivity index (χ1) is 17.3. The van der Waals surface area contributed by atoms with Crippen molar-refractivity contribution in [1.82, 2.24) is 10.0 Å². The lowest BCUT2D eigenvalue weighted by Crippen LogP contribution is -2.28. The van der Waals surface area contributed by atoms with E-state index in [9.17, 15) is 13.2 Å². The van der Waals surface area contributed by atoms with Crippen LogP contribution in [0, 0.1) is 0 Å². The topological polar surface area (TPSA) is 112 Å². The molecule has 3 aromatic carbocycles. The van der Waals surface area contributed by atoms with E-state index >= 15 is 0 Å². The van der Waals surface area contributed by atoms with Gasteiger partial charge >= 0.3 is 0 Å². The monoisotopic (exact) mass is 514 g/mol. The SMILES string of the molecule is COc1ccc(CNC(=O)COc2ccc(S(=O)(=O)NCCc3ccc(OC)c(OC)c3)cc2)cc1. The zero-order valence-corrected chi connectivity index (χ0v) is 21.3. The Hall–Kier alpha value is -3.76. The van der Waals surface area contributed by atoms with Crippen LogP contribution in [-0.4, -0.2) is 48.8 Å². The number of hydrogen-bond donors (Lipinski definition) is 2. The third-order valence-corrected chi connectivity index (χ3v) is 6.78. The van der Waals surface area contributed by atoms with Gasteiger partial charge < -0.3 is 24.3 Å². The predicted molar refractivity (Wildman–Crippen MR) is 135 cm³/mol. The number of amides is 1. The number of benzene rings is 3. The molecule has 0 aliphatic rings. The number of carbonyl (C=O) groups excluding carboxylic acids is 1. The van der Waals surface area contributed by atoms with Crippen LogP contribution < -0.4 is 29.0 Å². The number of ether oxygens (including phenoxy) is 4. The normalized spacial score (nSPS) is 11.0. The summed E-state index contributed by atoms with van der Waals surface area (Å²) in [5, 5.41) is 2.77. The fourth-order valence-corrected chi connectivity index (χ4v) is 4.34. The number of hydrogen-bond acceptors (Lipinski definition) is 7. The van der Waals surface area contributed by atoms with Gasteiger partial charge in [-0.25, -0.2) is 13.1 Å². The van der Waals surface area contributed by atoms with Crippen molar-refractivity contribution in [3.05, 3.63) is 77.9 Å². The Kier molecular flexibility index (Phi) is 9.54. The molecule has 0 saturated heterocycles. The highest BCUT2D eigenvalue weighted by atomic mass is 32.2. The van der Waals surface area contributed by atoms with Crippen LogP contribution in [0.25, 0.3) is 0 Å². The molecule has 2 N–H and O–H groups in total. The van der Waals surface area contributed by atoms with Crippen molar-refractivity contribution in [3.63, 3.8) is 0 Å². The molecule has 0 fully saturated rings. The van der Waals surface area contributed by atoms with E-state index in [4.69, 9.17) is 18.9 Å². The second-order valence-corrected chi connectivity index (χ2v) is 9.49. The molecule has 0 unspecified atom stereocenters. The summed E-state index contributed by atoms with van der Waals surface area (Å²) in [6.07, 6.45) is 0.479. The molecule has 36 heavy (non-hydrogen) atoms. The Morgan fingerprint density at radius 3 is 2.06 bits per heavy atom. The summed E-state index contributed by atoms with van der Waals surface area (Å²) in [6, 6.07) is 18.7. The minimum absolute atomic E-state index is 0.103. The molecule has 0 spiro atoms. The summed E-state index contributed by atoms with van der Waals surface area (Å²) in [6.45, 7) is 0.384. The average molecular weight is 515 g/mol. The Morgan fingerprint density at radius 2 is 1.42 bits per heavy atom. The van der Waals surface area contributed by atoms with E-state index in [0.717, 1.165) is 16.9 Å². The number of sulfonamides is 1. The van der Waals surface area contributed by atoms with E-state index in [1.165, 1.54) is 24.3 Å². The second kappa shape index (κ2) is 12.8. The van der Waals surface area contributed by atoms with E-state index in [-0.39, 0.29) is 24.0 Å². The highest BCUT2D eigenvalue weighted by Crippen LogP contribution is 2.27. The first-order valence-corrected chi connectivity index (χ1v) is 12.7. The van der Waals surface area contributed by atoms with Crippen molar-refractivity contribution in [2.24, 2.45) is 0 Å². The van der Waals surface area contributed by atoms with Gasteiger partial charge in [-0.1, -0.05) is 18.2 Å². The molecular formula is C26H30N2O7S. The molecule has 0 heterocycles. The zero-order valence-electron chi connectivity index (χ0n) is 20.4. The van der Waals surface area contributed by atoms with Crippen molar-refractivity contribution < 1.29 is 32.2 Å². The van der Waals surface area contributed by atoms with Crippen LogP contribution in [0.15, 0.2) is 71.6 Å². The van der Waals surface area contributed by atoms with E-state index in [1.54, 1.807) is 27.4 Å². The largest absolute Gasteiger partial charge is 0.497 e. The predicted octanol–water partition coefficient (Wildman–Crippen LogP) is 2.93. The smallest absolute Gasteiger partial charge is 0.258 e. The summed E-state index contributed by atoms with van der Waals surface area (Å²) < 4.78 is 48.9. The zero-order chi connectivity index (χ0) is 26.0. The lowest BCUT2D eigenvalue weighted by molar-refractivity contribution is -0.123. The third kappa shape index (κ3) is 7.62. The molecular weight excluding hydrogens is 484 g/mol. The molecule has 3 rings (SSSR count). The van der Waals surface area contributed by atoms with Gasteiger partial charge in [0.25, 0.3) is 5.91 Å². The molecule has 0 bridgehead atoms. The lowest BCUT2D eigenvalue weighted by atomic mass is 10.1. The van der Waals surface area contributed by atoms with Gasteiger partial charge in [0.1, 0.15) is 11.5 Å². The summed E-state index contributed by atoms with van der Waals surface area (Å²) in [5.74, 6) is 2.03. The lowest BCUT2D eigenvalue weighted by Gasteiger charge is -2.11. The molecule has 9 nitrogen and oxygen atoms in total. The van der Waals surface area contributed by atoms with Crippen LogP contribution in [0.4, 0.5) is 0 Å². The summed E-state index contributed by atoms with van der Waals surface area (Å²) >= 11 is 0. The van der Waals surface area contributed by atoms with Gasteiger partial charge in [0.05, 0.1) is 26.2 Å². The average Bonchev–Trinajstić information content (AvgIpc) is 2.91.